The van der Waals surface area contributed by atoms with Crippen molar-refractivity contribution >= 4 is 11.9 Å². The maximum atomic E-state index is 10.9. The Morgan fingerprint density at radius 3 is 1.78 bits per heavy atom. The molecule has 90 valence electrons. The number of hydrogen-bond donors (Lipinski definition) is 2. The lowest BCUT2D eigenvalue weighted by Crippen LogP contribution is -2.07. The van der Waals surface area contributed by atoms with Crippen LogP contribution in [0.2, 0.25) is 0 Å². The third-order valence-electron chi connectivity index (χ3n) is 2.37. The molecule has 2 aromatic rings. The van der Waals surface area contributed by atoms with E-state index in [-0.39, 0.29) is 11.4 Å². The molecule has 0 bridgehead atoms. The molecule has 0 radical (unpaired) electrons. The number of rotatable bonds is 3. The van der Waals surface area contributed by atoms with E-state index >= 15 is 0 Å². The molecule has 0 aliphatic rings. The minimum atomic E-state index is -1.25. The Bertz CT molecular complexity index is 575. The van der Waals surface area contributed by atoms with Crippen molar-refractivity contribution in [1.82, 2.24) is 4.98 Å². The number of carboxylic acids is 2. The number of nitrogens with zero attached hydrogens (tertiary/aromatic N) is 1. The predicted molar refractivity (Wildman–Crippen MR) is 63.6 cm³/mol. The summed E-state index contributed by atoms with van der Waals surface area (Å²) < 4.78 is 0. The van der Waals surface area contributed by atoms with Crippen LogP contribution in [-0.4, -0.2) is 27.1 Å². The van der Waals surface area contributed by atoms with Crippen molar-refractivity contribution in [3.05, 3.63) is 53.9 Å². The molecule has 0 spiro atoms. The first kappa shape index (κ1) is 11.8. The highest BCUT2D eigenvalue weighted by Crippen LogP contribution is 2.20. The molecule has 1 heterocycles. The minimum Gasteiger partial charge on any atom is -0.477 e. The first-order valence-corrected chi connectivity index (χ1v) is 5.12. The smallest absolute Gasteiger partial charge is 0.354 e. The summed E-state index contributed by atoms with van der Waals surface area (Å²) in [7, 11) is 0. The Kier molecular flexibility index (Phi) is 3.05. The summed E-state index contributed by atoms with van der Waals surface area (Å²) in [6.07, 6.45) is 0. The molecule has 5 nitrogen and oxygen atoms in total. The second kappa shape index (κ2) is 4.67. The lowest BCUT2D eigenvalue weighted by Gasteiger charge is -2.04. The molecule has 2 N–H and O–H groups in total. The lowest BCUT2D eigenvalue weighted by atomic mass is 10.0. The van der Waals surface area contributed by atoms with Crippen LogP contribution in [0.1, 0.15) is 21.0 Å². The number of benzene rings is 1. The molecule has 18 heavy (non-hydrogen) atoms. The molecule has 0 amide bonds. The van der Waals surface area contributed by atoms with Crippen LogP contribution in [0.3, 0.4) is 0 Å². The Morgan fingerprint density at radius 2 is 1.33 bits per heavy atom. The number of pyridine rings is 1. The van der Waals surface area contributed by atoms with Gasteiger partial charge < -0.3 is 10.2 Å². The van der Waals surface area contributed by atoms with Gasteiger partial charge >= 0.3 is 11.9 Å². The van der Waals surface area contributed by atoms with Gasteiger partial charge in [-0.15, -0.1) is 0 Å². The van der Waals surface area contributed by atoms with E-state index in [2.05, 4.69) is 4.98 Å². The molecule has 2 rings (SSSR count). The Hall–Kier alpha value is -2.69. The number of hydrogen-bond acceptors (Lipinski definition) is 3. The highest BCUT2D eigenvalue weighted by molar-refractivity contribution is 5.92. The van der Waals surface area contributed by atoms with Crippen molar-refractivity contribution < 1.29 is 19.8 Å². The lowest BCUT2D eigenvalue weighted by molar-refractivity contribution is 0.0685. The van der Waals surface area contributed by atoms with Gasteiger partial charge in [0.15, 0.2) is 0 Å². The average Bonchev–Trinajstić information content (AvgIpc) is 2.39. The quantitative estimate of drug-likeness (QED) is 0.862. The van der Waals surface area contributed by atoms with Gasteiger partial charge in [0.25, 0.3) is 0 Å². The number of aromatic nitrogens is 1. The van der Waals surface area contributed by atoms with Gasteiger partial charge in [-0.2, -0.15) is 0 Å². The highest BCUT2D eigenvalue weighted by atomic mass is 16.4. The van der Waals surface area contributed by atoms with Crippen molar-refractivity contribution in [3.63, 3.8) is 0 Å². The van der Waals surface area contributed by atoms with Crippen molar-refractivity contribution in [2.45, 2.75) is 0 Å². The zero-order valence-electron chi connectivity index (χ0n) is 9.20. The monoisotopic (exact) mass is 243 g/mol. The van der Waals surface area contributed by atoms with Crippen LogP contribution in [0.4, 0.5) is 0 Å². The first-order chi connectivity index (χ1) is 8.58. The Morgan fingerprint density at radius 1 is 0.833 bits per heavy atom. The molecule has 0 atom stereocenters. The van der Waals surface area contributed by atoms with Crippen LogP contribution in [0.15, 0.2) is 42.5 Å². The van der Waals surface area contributed by atoms with Gasteiger partial charge in [0.2, 0.25) is 0 Å². The molecule has 5 heteroatoms. The SMILES string of the molecule is O=C(O)c1cc(-c2ccccc2)cc(C(=O)O)n1. The molecule has 0 saturated carbocycles. The second-order valence-corrected chi connectivity index (χ2v) is 3.60. The van der Waals surface area contributed by atoms with Crippen LogP contribution in [0.5, 0.6) is 0 Å². The van der Waals surface area contributed by atoms with E-state index in [1.807, 2.05) is 6.07 Å². The predicted octanol–water partition coefficient (Wildman–Crippen LogP) is 2.14. The Labute approximate surface area is 102 Å². The fourth-order valence-electron chi connectivity index (χ4n) is 1.55. The van der Waals surface area contributed by atoms with Crippen molar-refractivity contribution in [3.8, 4) is 11.1 Å². The summed E-state index contributed by atoms with van der Waals surface area (Å²) in [5.74, 6) is -2.51. The topological polar surface area (TPSA) is 87.5 Å². The van der Waals surface area contributed by atoms with Crippen molar-refractivity contribution in [2.24, 2.45) is 0 Å². The van der Waals surface area contributed by atoms with Crippen LogP contribution < -0.4 is 0 Å². The van der Waals surface area contributed by atoms with Crippen molar-refractivity contribution in [1.29, 1.82) is 0 Å². The number of carboxylic acid groups (broad SMARTS) is 2. The van der Waals surface area contributed by atoms with Gasteiger partial charge in [0.05, 0.1) is 0 Å². The van der Waals surface area contributed by atoms with Gasteiger partial charge in [-0.25, -0.2) is 14.6 Å². The van der Waals surface area contributed by atoms with E-state index < -0.39 is 11.9 Å². The normalized spacial score (nSPS) is 10.0. The minimum absolute atomic E-state index is 0.284. The summed E-state index contributed by atoms with van der Waals surface area (Å²) in [4.78, 5) is 25.4. The summed E-state index contributed by atoms with van der Waals surface area (Å²) in [6.45, 7) is 0. The van der Waals surface area contributed by atoms with Gasteiger partial charge in [-0.05, 0) is 23.3 Å². The molecule has 0 aliphatic carbocycles. The van der Waals surface area contributed by atoms with Crippen molar-refractivity contribution in [2.75, 3.05) is 0 Å². The van der Waals surface area contributed by atoms with Crippen LogP contribution in [0.25, 0.3) is 11.1 Å². The first-order valence-electron chi connectivity index (χ1n) is 5.12. The van der Waals surface area contributed by atoms with Crippen LogP contribution in [-0.2, 0) is 0 Å². The van der Waals surface area contributed by atoms with Gasteiger partial charge in [0.1, 0.15) is 11.4 Å². The average molecular weight is 243 g/mol. The molecule has 1 aromatic heterocycles. The van der Waals surface area contributed by atoms with Gasteiger partial charge in [-0.3, -0.25) is 0 Å². The zero-order chi connectivity index (χ0) is 13.1. The Balaban J connectivity index is 2.61. The third kappa shape index (κ3) is 2.35. The summed E-state index contributed by atoms with van der Waals surface area (Å²) >= 11 is 0. The third-order valence-corrected chi connectivity index (χ3v) is 2.37. The fraction of sp³-hybridized carbons (Fsp3) is 0. The molecule has 0 unspecified atom stereocenters. The largest absolute Gasteiger partial charge is 0.477 e. The molecular formula is C13H9NO4. The number of aromatic carboxylic acids is 2. The van der Waals surface area contributed by atoms with Gasteiger partial charge in [0, 0.05) is 0 Å². The molecule has 0 aliphatic heterocycles. The summed E-state index contributed by atoms with van der Waals surface area (Å²) in [5.41, 5.74) is 0.688. The van der Waals surface area contributed by atoms with E-state index in [1.165, 1.54) is 12.1 Å². The van der Waals surface area contributed by atoms with E-state index in [4.69, 9.17) is 10.2 Å². The molecule has 1 aromatic carbocycles. The maximum absolute atomic E-state index is 10.9. The van der Waals surface area contributed by atoms with Crippen LogP contribution in [0, 0.1) is 0 Å². The van der Waals surface area contributed by atoms with E-state index in [0.29, 0.717) is 5.56 Å². The van der Waals surface area contributed by atoms with E-state index in [1.54, 1.807) is 24.3 Å². The fourth-order valence-corrected chi connectivity index (χ4v) is 1.55. The zero-order valence-corrected chi connectivity index (χ0v) is 9.20. The molecule has 0 fully saturated rings. The standard InChI is InChI=1S/C13H9NO4/c15-12(16)10-6-9(7-11(14-10)13(17)18)8-4-2-1-3-5-8/h1-7H,(H,15,16)(H,17,18). The van der Waals surface area contributed by atoms with E-state index in [9.17, 15) is 9.59 Å². The highest BCUT2D eigenvalue weighted by Gasteiger charge is 2.13. The molecule has 0 saturated heterocycles. The van der Waals surface area contributed by atoms with Gasteiger partial charge in [-0.1, -0.05) is 30.3 Å². The molecular weight excluding hydrogens is 234 g/mol. The maximum Gasteiger partial charge on any atom is 0.354 e. The van der Waals surface area contributed by atoms with Crippen LogP contribution >= 0.6 is 0 Å². The summed E-state index contributed by atoms with van der Waals surface area (Å²) in [5, 5.41) is 17.8. The summed E-state index contributed by atoms with van der Waals surface area (Å²) in [6, 6.07) is 11.6. The number of carbonyl (C=O) groups is 2. The second-order valence-electron chi connectivity index (χ2n) is 3.60. The van der Waals surface area contributed by atoms with E-state index in [0.717, 1.165) is 5.56 Å².